The summed E-state index contributed by atoms with van der Waals surface area (Å²) in [5.41, 5.74) is 2.10. The predicted octanol–water partition coefficient (Wildman–Crippen LogP) is 1.53. The Morgan fingerprint density at radius 1 is 1.30 bits per heavy atom. The predicted molar refractivity (Wildman–Crippen MR) is 71.1 cm³/mol. The standard InChI is InChI=1S/C11H19F3N6/c1-7(4-5-20(2)3)16-8-6-9(19-15)18-10(17-8)11(12,13)14/h6-7H,4-5,15H2,1-3H3,(H2,16,17,18,19). The maximum Gasteiger partial charge on any atom is 0.451 e. The number of aromatic nitrogens is 2. The van der Waals surface area contributed by atoms with Crippen LogP contribution >= 0.6 is 0 Å². The first-order chi connectivity index (χ1) is 9.22. The quantitative estimate of drug-likeness (QED) is 0.545. The van der Waals surface area contributed by atoms with Crippen molar-refractivity contribution in [1.82, 2.24) is 14.9 Å². The molecule has 1 aromatic heterocycles. The number of hydrogen-bond donors (Lipinski definition) is 3. The van der Waals surface area contributed by atoms with Gasteiger partial charge in [0.15, 0.2) is 0 Å². The Balaban J connectivity index is 2.84. The zero-order valence-corrected chi connectivity index (χ0v) is 11.6. The van der Waals surface area contributed by atoms with E-state index < -0.39 is 12.0 Å². The number of hydrazine groups is 1. The van der Waals surface area contributed by atoms with Crippen molar-refractivity contribution in [1.29, 1.82) is 0 Å². The molecule has 1 aromatic rings. The van der Waals surface area contributed by atoms with E-state index in [1.165, 1.54) is 6.07 Å². The van der Waals surface area contributed by atoms with Crippen LogP contribution in [0.3, 0.4) is 0 Å². The number of anilines is 2. The molecule has 0 fully saturated rings. The number of halogens is 3. The number of alkyl halides is 3. The largest absolute Gasteiger partial charge is 0.451 e. The van der Waals surface area contributed by atoms with Gasteiger partial charge in [-0.1, -0.05) is 0 Å². The molecular weight excluding hydrogens is 273 g/mol. The van der Waals surface area contributed by atoms with Crippen molar-refractivity contribution in [2.75, 3.05) is 31.4 Å². The van der Waals surface area contributed by atoms with Crippen LogP contribution in [0.5, 0.6) is 0 Å². The van der Waals surface area contributed by atoms with Crippen molar-refractivity contribution in [3.05, 3.63) is 11.9 Å². The summed E-state index contributed by atoms with van der Waals surface area (Å²) in [5, 5.41) is 2.91. The summed E-state index contributed by atoms with van der Waals surface area (Å²) >= 11 is 0. The maximum absolute atomic E-state index is 12.6. The van der Waals surface area contributed by atoms with Gasteiger partial charge in [0.2, 0.25) is 5.82 Å². The van der Waals surface area contributed by atoms with Gasteiger partial charge in [-0.2, -0.15) is 13.2 Å². The molecule has 9 heteroatoms. The van der Waals surface area contributed by atoms with E-state index in [2.05, 4.69) is 20.7 Å². The summed E-state index contributed by atoms with van der Waals surface area (Å²) in [4.78, 5) is 8.74. The smallest absolute Gasteiger partial charge is 0.367 e. The molecule has 0 saturated heterocycles. The van der Waals surface area contributed by atoms with Crippen LogP contribution in [0.2, 0.25) is 0 Å². The van der Waals surface area contributed by atoms with E-state index in [1.54, 1.807) is 0 Å². The summed E-state index contributed by atoms with van der Waals surface area (Å²) in [6.07, 6.45) is -3.85. The normalized spacial score (nSPS) is 13.4. The lowest BCUT2D eigenvalue weighted by molar-refractivity contribution is -0.144. The van der Waals surface area contributed by atoms with Crippen LogP contribution in [0.25, 0.3) is 0 Å². The molecule has 0 radical (unpaired) electrons. The number of hydrogen-bond acceptors (Lipinski definition) is 6. The van der Waals surface area contributed by atoms with Gasteiger partial charge in [-0.25, -0.2) is 15.8 Å². The lowest BCUT2D eigenvalue weighted by Crippen LogP contribution is -2.24. The lowest BCUT2D eigenvalue weighted by Gasteiger charge is -2.18. The topological polar surface area (TPSA) is 79.1 Å². The molecule has 0 aliphatic carbocycles. The van der Waals surface area contributed by atoms with Crippen LogP contribution in [0.15, 0.2) is 6.07 Å². The third-order valence-corrected chi connectivity index (χ3v) is 2.53. The minimum Gasteiger partial charge on any atom is -0.367 e. The summed E-state index contributed by atoms with van der Waals surface area (Å²) in [7, 11) is 3.85. The highest BCUT2D eigenvalue weighted by atomic mass is 19.4. The van der Waals surface area contributed by atoms with E-state index in [-0.39, 0.29) is 17.7 Å². The van der Waals surface area contributed by atoms with E-state index in [0.717, 1.165) is 13.0 Å². The second-order valence-electron chi connectivity index (χ2n) is 4.74. The molecule has 0 saturated carbocycles. The monoisotopic (exact) mass is 292 g/mol. The van der Waals surface area contributed by atoms with Crippen LogP contribution in [0.4, 0.5) is 24.8 Å². The van der Waals surface area contributed by atoms with Crippen molar-refractivity contribution >= 4 is 11.6 Å². The van der Waals surface area contributed by atoms with Gasteiger partial charge in [0.25, 0.3) is 0 Å². The lowest BCUT2D eigenvalue weighted by atomic mass is 10.2. The first-order valence-corrected chi connectivity index (χ1v) is 6.06. The van der Waals surface area contributed by atoms with Gasteiger partial charge in [-0.05, 0) is 34.0 Å². The third-order valence-electron chi connectivity index (χ3n) is 2.53. The zero-order chi connectivity index (χ0) is 15.3. The maximum atomic E-state index is 12.6. The first kappa shape index (κ1) is 16.4. The number of nitrogen functional groups attached to an aromatic ring is 1. The van der Waals surface area contributed by atoms with Crippen molar-refractivity contribution in [3.63, 3.8) is 0 Å². The SMILES string of the molecule is CC(CCN(C)C)Nc1cc(NN)nc(C(F)(F)F)n1. The van der Waals surface area contributed by atoms with E-state index >= 15 is 0 Å². The zero-order valence-electron chi connectivity index (χ0n) is 11.6. The molecule has 0 aliphatic heterocycles. The molecule has 1 unspecified atom stereocenters. The average molecular weight is 292 g/mol. The molecule has 0 aromatic carbocycles. The molecule has 0 bridgehead atoms. The van der Waals surface area contributed by atoms with Gasteiger partial charge in [-0.3, -0.25) is 0 Å². The highest BCUT2D eigenvalue weighted by Crippen LogP contribution is 2.28. The van der Waals surface area contributed by atoms with Gasteiger partial charge in [0, 0.05) is 12.1 Å². The van der Waals surface area contributed by atoms with Crippen LogP contribution in [0, 0.1) is 0 Å². The van der Waals surface area contributed by atoms with Gasteiger partial charge in [0.1, 0.15) is 11.6 Å². The average Bonchev–Trinajstić information content (AvgIpc) is 2.34. The minimum atomic E-state index is -4.61. The van der Waals surface area contributed by atoms with Crippen LogP contribution in [-0.2, 0) is 6.18 Å². The molecule has 1 heterocycles. The molecule has 6 nitrogen and oxygen atoms in total. The number of rotatable bonds is 6. The molecular formula is C11H19F3N6. The fourth-order valence-electron chi connectivity index (χ4n) is 1.50. The Morgan fingerprint density at radius 3 is 2.40 bits per heavy atom. The Kier molecular flexibility index (Phi) is 5.52. The Hall–Kier alpha value is -1.61. The second-order valence-corrected chi connectivity index (χ2v) is 4.74. The summed E-state index contributed by atoms with van der Waals surface area (Å²) in [6.45, 7) is 2.68. The molecule has 0 spiro atoms. The highest BCUT2D eigenvalue weighted by molar-refractivity contribution is 5.47. The van der Waals surface area contributed by atoms with Crippen LogP contribution in [-0.4, -0.2) is 41.5 Å². The van der Waals surface area contributed by atoms with E-state index in [0.29, 0.717) is 0 Å². The molecule has 20 heavy (non-hydrogen) atoms. The third kappa shape index (κ3) is 5.17. The minimum absolute atomic E-state index is 0.0287. The van der Waals surface area contributed by atoms with E-state index in [1.807, 2.05) is 25.9 Å². The van der Waals surface area contributed by atoms with Crippen molar-refractivity contribution in [2.45, 2.75) is 25.6 Å². The summed E-state index contributed by atoms with van der Waals surface area (Å²) in [5.74, 6) is 3.89. The van der Waals surface area contributed by atoms with E-state index in [9.17, 15) is 13.2 Å². The van der Waals surface area contributed by atoms with Gasteiger partial charge < -0.3 is 15.6 Å². The molecule has 114 valence electrons. The van der Waals surface area contributed by atoms with E-state index in [4.69, 9.17) is 5.84 Å². The second kappa shape index (κ2) is 6.71. The van der Waals surface area contributed by atoms with Gasteiger partial charge >= 0.3 is 6.18 Å². The molecule has 0 amide bonds. The van der Waals surface area contributed by atoms with Crippen molar-refractivity contribution in [3.8, 4) is 0 Å². The number of nitrogens with two attached hydrogens (primary N) is 1. The fraction of sp³-hybridized carbons (Fsp3) is 0.636. The van der Waals surface area contributed by atoms with Crippen molar-refractivity contribution in [2.24, 2.45) is 5.84 Å². The Labute approximate surface area is 115 Å². The highest BCUT2D eigenvalue weighted by Gasteiger charge is 2.35. The molecule has 0 aliphatic rings. The fourth-order valence-corrected chi connectivity index (χ4v) is 1.50. The summed E-state index contributed by atoms with van der Waals surface area (Å²) in [6, 6.07) is 1.31. The number of nitrogens with one attached hydrogen (secondary N) is 2. The number of nitrogens with zero attached hydrogens (tertiary/aromatic N) is 3. The molecule has 1 rings (SSSR count). The molecule has 1 atom stereocenters. The molecule has 4 N–H and O–H groups in total. The van der Waals surface area contributed by atoms with Crippen LogP contribution < -0.4 is 16.6 Å². The first-order valence-electron chi connectivity index (χ1n) is 6.06. The Bertz CT molecular complexity index is 435. The summed E-state index contributed by atoms with van der Waals surface area (Å²) < 4.78 is 37.9. The van der Waals surface area contributed by atoms with Gasteiger partial charge in [-0.15, -0.1) is 0 Å². The Morgan fingerprint density at radius 2 is 1.90 bits per heavy atom. The van der Waals surface area contributed by atoms with Crippen LogP contribution in [0.1, 0.15) is 19.2 Å². The van der Waals surface area contributed by atoms with Gasteiger partial charge in [0.05, 0.1) is 0 Å². The van der Waals surface area contributed by atoms with Crippen molar-refractivity contribution < 1.29 is 13.2 Å².